The van der Waals surface area contributed by atoms with Crippen LogP contribution in [0, 0.1) is 0 Å². The fourth-order valence-corrected chi connectivity index (χ4v) is 2.37. The normalized spacial score (nSPS) is 14.0. The average Bonchev–Trinajstić information content (AvgIpc) is 2.51. The molecule has 0 bridgehead atoms. The van der Waals surface area contributed by atoms with E-state index in [1.807, 2.05) is 0 Å². The lowest BCUT2D eigenvalue weighted by atomic mass is 10.1. The molecule has 0 amide bonds. The summed E-state index contributed by atoms with van der Waals surface area (Å²) in [5.41, 5.74) is -0.0376. The van der Waals surface area contributed by atoms with Gasteiger partial charge in [-0.15, -0.1) is 0 Å². The molecule has 0 saturated heterocycles. The van der Waals surface area contributed by atoms with Crippen LogP contribution in [-0.2, 0) is 21.5 Å². The third kappa shape index (κ3) is 3.44. The van der Waals surface area contributed by atoms with Crippen LogP contribution in [0.25, 0.3) is 10.8 Å². The Bertz CT molecular complexity index is 882. The van der Waals surface area contributed by atoms with E-state index >= 15 is 0 Å². The number of alkyl halides is 6. The second-order valence-electron chi connectivity index (χ2n) is 5.05. The number of rotatable bonds is 6. The molecule has 0 unspecified atom stereocenters. The molecule has 1 N–H and O–H groups in total. The van der Waals surface area contributed by atoms with Crippen molar-refractivity contribution in [2.24, 2.45) is 0 Å². The molecule has 0 spiro atoms. The van der Waals surface area contributed by atoms with E-state index in [0.29, 0.717) is 10.8 Å². The zero-order valence-corrected chi connectivity index (χ0v) is 12.9. The third-order valence-electron chi connectivity index (χ3n) is 3.29. The molecule has 0 aromatic heterocycles. The quantitative estimate of drug-likeness (QED) is 0.599. The summed E-state index contributed by atoms with van der Waals surface area (Å²) >= 11 is 0. The Balaban J connectivity index is 2.25. The van der Waals surface area contributed by atoms with Crippen LogP contribution in [-0.4, -0.2) is 30.3 Å². The van der Waals surface area contributed by atoms with E-state index in [0.717, 1.165) is 0 Å². The highest BCUT2D eigenvalue weighted by Gasteiger charge is 2.78. The molecule has 4 nitrogen and oxygen atoms in total. The molecule has 2 aromatic carbocycles. The van der Waals surface area contributed by atoms with Gasteiger partial charge >= 0.3 is 27.4 Å². The number of hydrogen-bond donors (Lipinski definition) is 1. The molecule has 138 valence electrons. The SMILES string of the molecule is O=S(=O)(O)C(F)(F)C(F)(F)C(F)(F)OCc1ccc2ccccc2c1. The molecule has 0 radical (unpaired) electrons. The minimum absolute atomic E-state index is 0.0376. The molecule has 0 fully saturated rings. The van der Waals surface area contributed by atoms with Gasteiger partial charge in [-0.1, -0.05) is 36.4 Å². The number of ether oxygens (including phenoxy) is 1. The molecule has 0 aliphatic rings. The van der Waals surface area contributed by atoms with Gasteiger partial charge in [0.05, 0.1) is 6.61 Å². The largest absolute Gasteiger partial charge is 0.440 e. The van der Waals surface area contributed by atoms with Gasteiger partial charge < -0.3 is 4.74 Å². The summed E-state index contributed by atoms with van der Waals surface area (Å²) in [7, 11) is -6.80. The van der Waals surface area contributed by atoms with Crippen molar-refractivity contribution in [3.8, 4) is 0 Å². The van der Waals surface area contributed by atoms with Crippen LogP contribution in [0.2, 0.25) is 0 Å². The molecule has 11 heteroatoms. The monoisotopic (exact) mass is 388 g/mol. The lowest BCUT2D eigenvalue weighted by Crippen LogP contribution is -2.58. The Morgan fingerprint density at radius 3 is 2.04 bits per heavy atom. The van der Waals surface area contributed by atoms with Gasteiger partial charge in [-0.2, -0.15) is 34.8 Å². The van der Waals surface area contributed by atoms with Crippen molar-refractivity contribution in [1.82, 2.24) is 0 Å². The molecular formula is C14H10F6O4S. The van der Waals surface area contributed by atoms with Crippen LogP contribution in [0.1, 0.15) is 5.56 Å². The lowest BCUT2D eigenvalue weighted by Gasteiger charge is -2.30. The summed E-state index contributed by atoms with van der Waals surface area (Å²) in [6.45, 7) is -1.20. The molecule has 2 rings (SSSR count). The first-order valence-corrected chi connectivity index (χ1v) is 7.96. The van der Waals surface area contributed by atoms with Crippen LogP contribution in [0.4, 0.5) is 26.3 Å². The van der Waals surface area contributed by atoms with Gasteiger partial charge in [-0.05, 0) is 22.4 Å². The van der Waals surface area contributed by atoms with E-state index in [9.17, 15) is 34.8 Å². The van der Waals surface area contributed by atoms with Crippen molar-refractivity contribution in [2.45, 2.75) is 23.9 Å². The fourth-order valence-electron chi connectivity index (χ4n) is 1.92. The predicted molar refractivity (Wildman–Crippen MR) is 75.1 cm³/mol. The zero-order valence-electron chi connectivity index (χ0n) is 12.1. The van der Waals surface area contributed by atoms with Crippen LogP contribution < -0.4 is 0 Å². The predicted octanol–water partition coefficient (Wildman–Crippen LogP) is 4.07. The summed E-state index contributed by atoms with van der Waals surface area (Å²) in [4.78, 5) is 0. The highest BCUT2D eigenvalue weighted by atomic mass is 32.2. The van der Waals surface area contributed by atoms with Gasteiger partial charge in [-0.25, -0.2) is 0 Å². The number of hydrogen-bond acceptors (Lipinski definition) is 3. The maximum absolute atomic E-state index is 13.4. The molecule has 0 saturated carbocycles. The van der Waals surface area contributed by atoms with E-state index in [1.165, 1.54) is 18.2 Å². The van der Waals surface area contributed by atoms with Crippen molar-refractivity contribution >= 4 is 20.9 Å². The Labute approximate surface area is 137 Å². The Hall–Kier alpha value is -1.85. The smallest absolute Gasteiger partial charge is 0.311 e. The standard InChI is InChI=1S/C14H10F6O4S/c15-12(16,14(19,20)25(21,22)23)13(17,18)24-8-9-5-6-10-3-1-2-4-11(10)7-9/h1-7H,8H2,(H,21,22,23). The second kappa shape index (κ2) is 6.15. The van der Waals surface area contributed by atoms with Crippen molar-refractivity contribution in [2.75, 3.05) is 0 Å². The van der Waals surface area contributed by atoms with Crippen molar-refractivity contribution in [3.63, 3.8) is 0 Å². The molecule has 0 aliphatic heterocycles. The van der Waals surface area contributed by atoms with Crippen LogP contribution >= 0.6 is 0 Å². The van der Waals surface area contributed by atoms with Gasteiger partial charge in [0.15, 0.2) is 0 Å². The minimum atomic E-state index is -6.80. The summed E-state index contributed by atoms with van der Waals surface area (Å²) in [6.07, 6.45) is -5.86. The fraction of sp³-hybridized carbons (Fsp3) is 0.286. The van der Waals surface area contributed by atoms with Crippen LogP contribution in [0.3, 0.4) is 0 Å². The maximum atomic E-state index is 13.4. The van der Waals surface area contributed by atoms with Gasteiger partial charge in [0.1, 0.15) is 0 Å². The van der Waals surface area contributed by atoms with Crippen molar-refractivity contribution in [1.29, 1.82) is 0 Å². The van der Waals surface area contributed by atoms with Crippen LogP contribution in [0.15, 0.2) is 42.5 Å². The summed E-state index contributed by atoms with van der Waals surface area (Å²) in [5.74, 6) is -6.50. The van der Waals surface area contributed by atoms with Gasteiger partial charge in [0.2, 0.25) is 0 Å². The average molecular weight is 388 g/mol. The first-order valence-electron chi connectivity index (χ1n) is 6.52. The summed E-state index contributed by atoms with van der Waals surface area (Å²) in [5, 5.41) is -5.17. The van der Waals surface area contributed by atoms with E-state index in [-0.39, 0.29) is 5.56 Å². The minimum Gasteiger partial charge on any atom is -0.311 e. The highest BCUT2D eigenvalue weighted by Crippen LogP contribution is 2.48. The van der Waals surface area contributed by atoms with Gasteiger partial charge in [0, 0.05) is 0 Å². The molecule has 0 atom stereocenters. The van der Waals surface area contributed by atoms with E-state index in [4.69, 9.17) is 4.55 Å². The molecule has 25 heavy (non-hydrogen) atoms. The van der Waals surface area contributed by atoms with Crippen molar-refractivity contribution < 1.29 is 44.0 Å². The van der Waals surface area contributed by atoms with E-state index in [2.05, 4.69) is 4.74 Å². The molecule has 2 aromatic rings. The molecule has 0 aliphatic carbocycles. The van der Waals surface area contributed by atoms with E-state index in [1.54, 1.807) is 24.3 Å². The van der Waals surface area contributed by atoms with E-state index < -0.39 is 34.0 Å². The Morgan fingerprint density at radius 2 is 1.48 bits per heavy atom. The highest BCUT2D eigenvalue weighted by molar-refractivity contribution is 7.87. The van der Waals surface area contributed by atoms with Gasteiger partial charge in [-0.3, -0.25) is 4.55 Å². The molecular weight excluding hydrogens is 378 g/mol. The van der Waals surface area contributed by atoms with Crippen LogP contribution in [0.5, 0.6) is 0 Å². The third-order valence-corrected chi connectivity index (χ3v) is 4.19. The lowest BCUT2D eigenvalue weighted by molar-refractivity contribution is -0.386. The van der Waals surface area contributed by atoms with Gasteiger partial charge in [0.25, 0.3) is 0 Å². The zero-order chi connectivity index (χ0) is 19.1. The first-order chi connectivity index (χ1) is 11.3. The maximum Gasteiger partial charge on any atom is 0.440 e. The summed E-state index contributed by atoms with van der Waals surface area (Å²) < 4.78 is 112. The second-order valence-corrected chi connectivity index (χ2v) is 6.52. The number of fused-ring (bicyclic) bond motifs is 1. The molecule has 0 heterocycles. The number of benzene rings is 2. The topological polar surface area (TPSA) is 63.6 Å². The Morgan fingerprint density at radius 1 is 0.920 bits per heavy atom. The Kier molecular flexibility index (Phi) is 4.79. The first kappa shape index (κ1) is 19.5. The van der Waals surface area contributed by atoms with Crippen molar-refractivity contribution in [3.05, 3.63) is 48.0 Å². The summed E-state index contributed by atoms with van der Waals surface area (Å²) in [6, 6.07) is 10.6. The number of halogens is 6.